The van der Waals surface area contributed by atoms with Crippen molar-refractivity contribution in [2.75, 3.05) is 18.5 Å². The molecule has 0 spiro atoms. The Labute approximate surface area is 186 Å². The van der Waals surface area contributed by atoms with E-state index in [-0.39, 0.29) is 29.2 Å². The van der Waals surface area contributed by atoms with Crippen molar-refractivity contribution < 1.29 is 24.0 Å². The maximum atomic E-state index is 12.5. The van der Waals surface area contributed by atoms with E-state index >= 15 is 0 Å². The Balaban J connectivity index is 1.20. The standard InChI is InChI=1S/C23H29N3O6/c1-14-2-3-18(19(4-14)26(30)31)25-21(28)13-32-22(29)12-24-20(27)11-23-8-15-5-16(9-23)7-17(6-15)10-23/h2-4,15-17H,5-13H2,1H3,(H,24,27)(H,25,28). The van der Waals surface area contributed by atoms with Crippen LogP contribution in [0.4, 0.5) is 11.4 Å². The zero-order valence-electron chi connectivity index (χ0n) is 18.2. The van der Waals surface area contributed by atoms with Crippen molar-refractivity contribution >= 4 is 29.2 Å². The first-order chi connectivity index (χ1) is 15.2. The van der Waals surface area contributed by atoms with Crippen LogP contribution in [-0.2, 0) is 19.1 Å². The van der Waals surface area contributed by atoms with Crippen LogP contribution in [0, 0.1) is 40.2 Å². The van der Waals surface area contributed by atoms with Gasteiger partial charge in [-0.1, -0.05) is 6.07 Å². The smallest absolute Gasteiger partial charge is 0.325 e. The molecule has 9 nitrogen and oxygen atoms in total. The number of aryl methyl sites for hydroxylation is 1. The maximum absolute atomic E-state index is 12.5. The lowest BCUT2D eigenvalue weighted by atomic mass is 9.49. The van der Waals surface area contributed by atoms with Gasteiger partial charge in [-0.05, 0) is 80.2 Å². The molecule has 32 heavy (non-hydrogen) atoms. The fourth-order valence-electron chi connectivity index (χ4n) is 6.36. The Hall–Kier alpha value is -2.97. The monoisotopic (exact) mass is 443 g/mol. The molecule has 4 bridgehead atoms. The highest BCUT2D eigenvalue weighted by Gasteiger charge is 2.51. The Morgan fingerprint density at radius 2 is 1.72 bits per heavy atom. The number of hydrogen-bond acceptors (Lipinski definition) is 6. The molecule has 4 fully saturated rings. The van der Waals surface area contributed by atoms with Crippen molar-refractivity contribution in [2.45, 2.75) is 51.9 Å². The zero-order valence-corrected chi connectivity index (χ0v) is 18.2. The van der Waals surface area contributed by atoms with Gasteiger partial charge in [-0.15, -0.1) is 0 Å². The van der Waals surface area contributed by atoms with Crippen molar-refractivity contribution in [3.05, 3.63) is 33.9 Å². The number of benzene rings is 1. The number of nitrogens with zero attached hydrogens (tertiary/aromatic N) is 1. The van der Waals surface area contributed by atoms with Crippen molar-refractivity contribution in [1.29, 1.82) is 0 Å². The van der Waals surface area contributed by atoms with Crippen LogP contribution in [0.15, 0.2) is 18.2 Å². The van der Waals surface area contributed by atoms with Gasteiger partial charge in [0.15, 0.2) is 6.61 Å². The van der Waals surface area contributed by atoms with Gasteiger partial charge in [0.1, 0.15) is 12.2 Å². The van der Waals surface area contributed by atoms with E-state index in [1.165, 1.54) is 31.4 Å². The molecule has 0 unspecified atom stereocenters. The van der Waals surface area contributed by atoms with Crippen LogP contribution >= 0.6 is 0 Å². The summed E-state index contributed by atoms with van der Waals surface area (Å²) in [5.41, 5.74) is 0.573. The molecule has 172 valence electrons. The number of amides is 2. The van der Waals surface area contributed by atoms with E-state index in [4.69, 9.17) is 4.74 Å². The molecule has 5 rings (SSSR count). The van der Waals surface area contributed by atoms with Crippen LogP contribution in [-0.4, -0.2) is 35.9 Å². The fourth-order valence-corrected chi connectivity index (χ4v) is 6.36. The SMILES string of the molecule is Cc1ccc(NC(=O)COC(=O)CNC(=O)CC23CC4CC(CC(C4)C2)C3)c([N+](=O)[O-])c1. The average molecular weight is 444 g/mol. The van der Waals surface area contributed by atoms with Crippen LogP contribution in [0.3, 0.4) is 0 Å². The van der Waals surface area contributed by atoms with E-state index in [0.717, 1.165) is 37.0 Å². The second-order valence-electron chi connectivity index (χ2n) is 9.86. The minimum atomic E-state index is -0.725. The first-order valence-corrected chi connectivity index (χ1v) is 11.2. The Morgan fingerprint density at radius 3 is 2.31 bits per heavy atom. The minimum absolute atomic E-state index is 0.0329. The zero-order chi connectivity index (χ0) is 22.9. The summed E-state index contributed by atoms with van der Waals surface area (Å²) in [5.74, 6) is 0.692. The molecule has 0 saturated heterocycles. The summed E-state index contributed by atoms with van der Waals surface area (Å²) in [5, 5.41) is 16.1. The van der Waals surface area contributed by atoms with E-state index in [0.29, 0.717) is 12.0 Å². The largest absolute Gasteiger partial charge is 0.454 e. The molecule has 9 heteroatoms. The molecule has 1 aromatic rings. The number of carbonyl (C=O) groups is 3. The number of nitrogens with one attached hydrogen (secondary N) is 2. The van der Waals surface area contributed by atoms with Crippen molar-refractivity contribution in [3.8, 4) is 0 Å². The number of carbonyl (C=O) groups excluding carboxylic acids is 3. The topological polar surface area (TPSA) is 128 Å². The van der Waals surface area contributed by atoms with Crippen molar-refractivity contribution in [2.24, 2.45) is 23.2 Å². The van der Waals surface area contributed by atoms with E-state index in [2.05, 4.69) is 10.6 Å². The molecule has 2 N–H and O–H groups in total. The lowest BCUT2D eigenvalue weighted by molar-refractivity contribution is -0.384. The third kappa shape index (κ3) is 5.08. The molecule has 0 aliphatic heterocycles. The lowest BCUT2D eigenvalue weighted by Gasteiger charge is -2.56. The highest BCUT2D eigenvalue weighted by atomic mass is 16.6. The third-order valence-corrected chi connectivity index (χ3v) is 7.12. The number of hydrogen-bond donors (Lipinski definition) is 2. The second kappa shape index (κ2) is 8.88. The number of anilines is 1. The molecular weight excluding hydrogens is 414 g/mol. The predicted octanol–water partition coefficient (Wildman–Crippen LogP) is 3.11. The van der Waals surface area contributed by atoms with E-state index in [1.54, 1.807) is 13.0 Å². The number of nitro benzene ring substituents is 1. The summed E-state index contributed by atoms with van der Waals surface area (Å²) in [4.78, 5) is 47.0. The minimum Gasteiger partial charge on any atom is -0.454 e. The molecule has 0 aromatic heterocycles. The van der Waals surface area contributed by atoms with Gasteiger partial charge in [-0.2, -0.15) is 0 Å². The van der Waals surface area contributed by atoms with Gasteiger partial charge in [-0.3, -0.25) is 24.5 Å². The molecule has 4 saturated carbocycles. The summed E-state index contributed by atoms with van der Waals surface area (Å²) in [6.45, 7) is 0.815. The van der Waals surface area contributed by atoms with Crippen LogP contribution in [0.1, 0.15) is 50.5 Å². The van der Waals surface area contributed by atoms with Crippen LogP contribution in [0.5, 0.6) is 0 Å². The van der Waals surface area contributed by atoms with Gasteiger partial charge < -0.3 is 15.4 Å². The summed E-state index contributed by atoms with van der Waals surface area (Å²) in [6.07, 6.45) is 7.71. The van der Waals surface area contributed by atoms with E-state index in [1.807, 2.05) is 0 Å². The highest BCUT2D eigenvalue weighted by Crippen LogP contribution is 2.61. The van der Waals surface area contributed by atoms with Gasteiger partial charge in [0, 0.05) is 12.5 Å². The summed E-state index contributed by atoms with van der Waals surface area (Å²) in [7, 11) is 0. The molecular formula is C23H29N3O6. The maximum Gasteiger partial charge on any atom is 0.325 e. The number of nitro groups is 1. The highest BCUT2D eigenvalue weighted by molar-refractivity contribution is 5.95. The molecule has 1 aromatic carbocycles. The molecule has 0 atom stereocenters. The van der Waals surface area contributed by atoms with Crippen molar-refractivity contribution in [3.63, 3.8) is 0 Å². The Kier molecular flexibility index (Phi) is 6.17. The summed E-state index contributed by atoms with van der Waals surface area (Å²) < 4.78 is 4.91. The number of esters is 1. The fraction of sp³-hybridized carbons (Fsp3) is 0.609. The van der Waals surface area contributed by atoms with E-state index in [9.17, 15) is 24.5 Å². The van der Waals surface area contributed by atoms with Gasteiger partial charge in [0.2, 0.25) is 5.91 Å². The molecule has 4 aliphatic rings. The second-order valence-corrected chi connectivity index (χ2v) is 9.86. The van der Waals surface area contributed by atoms with Crippen LogP contribution < -0.4 is 10.6 Å². The van der Waals surface area contributed by atoms with E-state index < -0.39 is 23.4 Å². The molecule has 0 radical (unpaired) electrons. The van der Waals surface area contributed by atoms with Crippen LogP contribution in [0.25, 0.3) is 0 Å². The van der Waals surface area contributed by atoms with Crippen LogP contribution in [0.2, 0.25) is 0 Å². The van der Waals surface area contributed by atoms with Gasteiger partial charge >= 0.3 is 5.97 Å². The molecule has 4 aliphatic carbocycles. The number of ether oxygens (including phenoxy) is 1. The molecule has 2 amide bonds. The van der Waals surface area contributed by atoms with Gasteiger partial charge in [0.05, 0.1) is 4.92 Å². The van der Waals surface area contributed by atoms with Gasteiger partial charge in [0.25, 0.3) is 11.6 Å². The Bertz CT molecular complexity index is 908. The van der Waals surface area contributed by atoms with Crippen molar-refractivity contribution in [1.82, 2.24) is 5.32 Å². The first kappa shape index (κ1) is 22.2. The quantitative estimate of drug-likeness (QED) is 0.361. The lowest BCUT2D eigenvalue weighted by Crippen LogP contribution is -2.48. The summed E-state index contributed by atoms with van der Waals surface area (Å²) in [6, 6.07) is 4.41. The molecule has 0 heterocycles. The van der Waals surface area contributed by atoms with Gasteiger partial charge in [-0.25, -0.2) is 0 Å². The predicted molar refractivity (Wildman–Crippen MR) is 116 cm³/mol. The Morgan fingerprint density at radius 1 is 1.09 bits per heavy atom. The normalized spacial score (nSPS) is 27.6. The number of rotatable bonds is 8. The average Bonchev–Trinajstić information content (AvgIpc) is 2.70. The third-order valence-electron chi connectivity index (χ3n) is 7.12. The summed E-state index contributed by atoms with van der Waals surface area (Å²) >= 11 is 0. The first-order valence-electron chi connectivity index (χ1n) is 11.2.